The number of halogens is 3. The molecule has 13 heterocycles. The van der Waals surface area contributed by atoms with Gasteiger partial charge in [0.25, 0.3) is 11.8 Å². The third-order valence-corrected chi connectivity index (χ3v) is 29.9. The SMILES string of the molecule is C=C(F)C(=O)N1CCN(c2nc(OCC34CCCN3CCC4)nc3c2CCN(c2cc(CN4CCOC(COc5nc6c(c(N7CCN(C(=O)C(=C)F)[C@@H](CC#N)C7)n5)CCN(c5ccc(C7CC(COc8nc9c(c(N%10CCN(C(O)C(=C)F)[C@@H](CC#N)C%10)n8)CCN(c8cccc%10cccc(C)c8%10)C9)N7C7CC7)c7cccc(C)c57)C6)C4)cc4cccc(C)c24)C3)C[C@@H]1CC#N. The zero-order valence-electron chi connectivity index (χ0n) is 76.1. The minimum atomic E-state index is -1.53. The van der Waals surface area contributed by atoms with E-state index in [2.05, 4.69) is 200 Å². The summed E-state index contributed by atoms with van der Waals surface area (Å²) in [7, 11) is 0. The van der Waals surface area contributed by atoms with Crippen LogP contribution in [0.3, 0.4) is 0 Å². The fraction of sp³-hybridized carbons (Fsp3) is 0.480. The number of aromatic nitrogens is 6. The minimum absolute atomic E-state index is 0.0212. The van der Waals surface area contributed by atoms with Crippen molar-refractivity contribution in [3.8, 4) is 36.2 Å². The topological polar surface area (TPSA) is 279 Å². The van der Waals surface area contributed by atoms with Gasteiger partial charge in [0.05, 0.1) is 98.4 Å². The van der Waals surface area contributed by atoms with Gasteiger partial charge in [0.1, 0.15) is 49.2 Å². The number of aryl methyl sites for hydroxylation is 3. The molecule has 1 saturated carbocycles. The molecule has 28 nitrogen and oxygen atoms in total. The molecule has 31 heteroatoms. The fourth-order valence-electron chi connectivity index (χ4n) is 23.3. The van der Waals surface area contributed by atoms with E-state index >= 15 is 0 Å². The highest BCUT2D eigenvalue weighted by atomic mass is 19.1. The first-order chi connectivity index (χ1) is 64.6. The summed E-state index contributed by atoms with van der Waals surface area (Å²) in [6, 6.07) is 41.5. The van der Waals surface area contributed by atoms with Crippen molar-refractivity contribution in [2.24, 2.45) is 0 Å². The Bertz CT molecular complexity index is 6200. The second-order valence-corrected chi connectivity index (χ2v) is 38.1. The number of aliphatic hydroxyl groups is 1. The Labute approximate surface area is 773 Å². The number of ether oxygens (including phenoxy) is 4. The van der Waals surface area contributed by atoms with Gasteiger partial charge >= 0.3 is 18.0 Å². The van der Waals surface area contributed by atoms with Crippen molar-refractivity contribution < 1.29 is 46.8 Å². The van der Waals surface area contributed by atoms with Crippen molar-refractivity contribution in [2.75, 3.05) is 161 Å². The van der Waals surface area contributed by atoms with Crippen LogP contribution in [0.1, 0.15) is 132 Å². The van der Waals surface area contributed by atoms with Crippen LogP contribution in [-0.4, -0.2) is 255 Å². The highest BCUT2D eigenvalue weighted by Gasteiger charge is 2.50. The molecule has 0 spiro atoms. The number of likely N-dealkylation sites (tertiary alicyclic amines) is 1. The van der Waals surface area contributed by atoms with Crippen LogP contribution in [0.4, 0.5) is 47.7 Å². The number of fused-ring (bicyclic) bond motifs is 7. The maximum Gasteiger partial charge on any atom is 0.318 e. The van der Waals surface area contributed by atoms with E-state index in [1.807, 2.05) is 0 Å². The van der Waals surface area contributed by atoms with Crippen LogP contribution in [-0.2, 0) is 59.8 Å². The van der Waals surface area contributed by atoms with Crippen LogP contribution in [0.15, 0.2) is 134 Å². The van der Waals surface area contributed by atoms with Crippen LogP contribution < -0.4 is 43.6 Å². The first-order valence-electron chi connectivity index (χ1n) is 47.3. The largest absolute Gasteiger partial charge is 0.462 e. The van der Waals surface area contributed by atoms with Crippen LogP contribution in [0.25, 0.3) is 32.3 Å². The summed E-state index contributed by atoms with van der Waals surface area (Å²) in [5, 5.41) is 48.1. The normalized spacial score (nSPS) is 22.5. The molecule has 0 radical (unpaired) electrons. The van der Waals surface area contributed by atoms with Crippen LogP contribution in [0, 0.1) is 54.8 Å². The molecule has 7 atom stereocenters. The number of nitrogens with zero attached hydrogens (tertiary/aromatic N) is 21. The van der Waals surface area contributed by atoms with Crippen molar-refractivity contribution in [1.29, 1.82) is 15.8 Å². The van der Waals surface area contributed by atoms with Crippen molar-refractivity contribution in [2.45, 2.75) is 185 Å². The molecule has 9 aromatic rings. The molecule has 690 valence electrons. The number of rotatable bonds is 26. The summed E-state index contributed by atoms with van der Waals surface area (Å²) in [5.41, 5.74) is 14.6. The van der Waals surface area contributed by atoms with Gasteiger partial charge in [-0.1, -0.05) is 92.5 Å². The van der Waals surface area contributed by atoms with E-state index in [4.69, 9.17) is 48.9 Å². The molecule has 3 aromatic heterocycles. The predicted octanol–water partition coefficient (Wildman–Crippen LogP) is 12.8. The smallest absolute Gasteiger partial charge is 0.318 e. The number of carbonyl (C=O) groups excluding carboxylic acids is 2. The second-order valence-electron chi connectivity index (χ2n) is 38.1. The van der Waals surface area contributed by atoms with Crippen LogP contribution in [0.5, 0.6) is 18.0 Å². The number of hydrogen-bond acceptors (Lipinski definition) is 26. The monoisotopic (exact) mass is 1800 g/mol. The molecule has 0 bridgehead atoms. The van der Waals surface area contributed by atoms with Crippen molar-refractivity contribution >= 4 is 78.6 Å². The first-order valence-corrected chi connectivity index (χ1v) is 47.3. The Morgan fingerprint density at radius 2 is 1.04 bits per heavy atom. The number of piperazine rings is 3. The lowest BCUT2D eigenvalue weighted by atomic mass is 9.83. The Hall–Kier alpha value is -12.3. The van der Waals surface area contributed by atoms with Gasteiger partial charge in [-0.3, -0.25) is 29.2 Å². The van der Waals surface area contributed by atoms with Gasteiger partial charge in [0.15, 0.2) is 17.9 Å². The Balaban J connectivity index is 0.550. The first kappa shape index (κ1) is 88.6. The van der Waals surface area contributed by atoms with Crippen molar-refractivity contribution in [1.82, 2.24) is 59.3 Å². The molecular weight excluding hydrogens is 1690 g/mol. The van der Waals surface area contributed by atoms with E-state index in [-0.39, 0.29) is 87.8 Å². The zero-order chi connectivity index (χ0) is 91.6. The Morgan fingerprint density at radius 3 is 1.60 bits per heavy atom. The lowest BCUT2D eigenvalue weighted by molar-refractivity contribution is -0.132. The third-order valence-electron chi connectivity index (χ3n) is 29.9. The molecule has 20 rings (SSSR count). The number of morpholine rings is 1. The standard InChI is InChI=1S/C102H114F3N21O7/c1-63-13-7-16-70-17-10-20-86(90(63)70)116-38-28-80-83(57-116)109-99(112-93(80)119-41-44-123(96(127)66(4)103)73(53-119)25-33-106)131-60-76-51-88(126(76)72-21-22-72)78-23-24-87(92-65(3)15-9-19-79(78)92)117-39-29-81-84(58-117)110-100(113-94(81)120-42-45-124(97(128)67(5)104)74(54-120)26-34-107)132-61-77-56-115(47-48-130-77)52-69-49-71-18-8-14-64(2)91(71)89(50-69)118-40-30-82-85(59-118)111-101(133-62-102-31-11-36-122(102)37-12-32-102)114-95(82)121-43-46-125(98(129)68(6)105)75(55-121)27-35-108/h7-10,13-20,23-24,49-50,72-77,88,96,127H,4-6,11-12,21-22,25-32,36-48,51-62H2,1-3H3/t73-,74-,75-,76?,77?,88?,96?/m0/s1. The molecule has 1 aliphatic carbocycles. The van der Waals surface area contributed by atoms with E-state index in [0.29, 0.717) is 142 Å². The number of aliphatic hydroxyl groups excluding tert-OH is 1. The average molecular weight is 1800 g/mol. The minimum Gasteiger partial charge on any atom is -0.462 e. The molecular formula is C102H114F3N21O7. The van der Waals surface area contributed by atoms with Gasteiger partial charge in [-0.05, 0) is 166 Å². The second kappa shape index (κ2) is 37.3. The molecule has 10 aliphatic heterocycles. The Morgan fingerprint density at radius 1 is 0.534 bits per heavy atom. The van der Waals surface area contributed by atoms with E-state index in [1.54, 1.807) is 4.90 Å². The molecule has 2 amide bonds. The van der Waals surface area contributed by atoms with Gasteiger partial charge in [0.2, 0.25) is 0 Å². The molecule has 4 unspecified atom stereocenters. The van der Waals surface area contributed by atoms with Gasteiger partial charge < -0.3 is 63.3 Å². The molecule has 1 N–H and O–H groups in total. The summed E-state index contributed by atoms with van der Waals surface area (Å²) in [6.07, 6.45) is 7.38. The third kappa shape index (κ3) is 17.4. The summed E-state index contributed by atoms with van der Waals surface area (Å²) in [5.74, 6) is -2.48. The number of hydrogen-bond donors (Lipinski definition) is 1. The highest BCUT2D eigenvalue weighted by molar-refractivity contribution is 6.01. The fourth-order valence-corrected chi connectivity index (χ4v) is 23.3. The zero-order valence-corrected chi connectivity index (χ0v) is 76.1. The predicted molar refractivity (Wildman–Crippen MR) is 502 cm³/mol. The lowest BCUT2D eigenvalue weighted by Crippen LogP contribution is -2.57. The van der Waals surface area contributed by atoms with Gasteiger partial charge in [-0.15, -0.1) is 0 Å². The maximum atomic E-state index is 14.7. The maximum absolute atomic E-state index is 14.7. The summed E-state index contributed by atoms with van der Waals surface area (Å²) in [4.78, 5) is 83.7. The molecule has 8 fully saturated rings. The molecule has 7 saturated heterocycles. The van der Waals surface area contributed by atoms with Crippen molar-refractivity contribution in [3.63, 3.8) is 0 Å². The lowest BCUT2D eigenvalue weighted by Gasteiger charge is -2.49. The quantitative estimate of drug-likeness (QED) is 0.0493. The van der Waals surface area contributed by atoms with Crippen LogP contribution in [0.2, 0.25) is 0 Å². The average Bonchev–Trinajstić information content (AvgIpc) is 1.44. The summed E-state index contributed by atoms with van der Waals surface area (Å²) >= 11 is 0. The molecule has 11 aliphatic rings. The summed E-state index contributed by atoms with van der Waals surface area (Å²) < 4.78 is 70.9. The van der Waals surface area contributed by atoms with E-state index < -0.39 is 53.6 Å². The van der Waals surface area contributed by atoms with Gasteiger partial charge in [-0.2, -0.15) is 45.7 Å². The molecule has 6 aromatic carbocycles. The number of anilines is 6. The van der Waals surface area contributed by atoms with Crippen molar-refractivity contribution in [3.05, 3.63) is 196 Å². The van der Waals surface area contributed by atoms with Crippen LogP contribution >= 0.6 is 0 Å². The number of nitriles is 3. The van der Waals surface area contributed by atoms with E-state index in [9.17, 15) is 43.7 Å². The summed E-state index contributed by atoms with van der Waals surface area (Å²) in [6.45, 7) is 28.0. The highest BCUT2D eigenvalue weighted by Crippen LogP contribution is 2.51. The van der Waals surface area contributed by atoms with E-state index in [1.165, 1.54) is 37.1 Å². The number of amides is 2. The number of benzene rings is 6. The van der Waals surface area contributed by atoms with Gasteiger partial charge in [0, 0.05) is 172 Å². The number of carbonyl (C=O) groups is 2. The van der Waals surface area contributed by atoms with Gasteiger partial charge in [-0.25, -0.2) is 13.2 Å². The Kier molecular flexibility index (Phi) is 24.9. The molecule has 133 heavy (non-hydrogen) atoms. The van der Waals surface area contributed by atoms with E-state index in [0.717, 1.165) is 160 Å².